The SMILES string of the molecule is C1CC1.C1CCC1.C1CCCC1.C1CCCCC1.C1CCCCCC1. The fraction of sp³-hybridized carbons (Fsp3) is 1.00. The minimum atomic E-state index is 1.50. The third-order valence-corrected chi connectivity index (χ3v) is 5.85. The van der Waals surface area contributed by atoms with E-state index in [4.69, 9.17) is 0 Å². The monoisotopic (exact) mass is 350 g/mol. The van der Waals surface area contributed by atoms with Crippen LogP contribution in [0.25, 0.3) is 0 Å². The van der Waals surface area contributed by atoms with Gasteiger partial charge in [-0.1, -0.05) is 161 Å². The molecule has 0 spiro atoms. The molecule has 0 bridgehead atoms. The zero-order chi connectivity index (χ0) is 17.7. The molecule has 0 aromatic heterocycles. The summed E-state index contributed by atoms with van der Waals surface area (Å²) in [5.41, 5.74) is 0. The molecule has 0 nitrogen and oxygen atoms in total. The summed E-state index contributed by atoms with van der Waals surface area (Å²) in [6, 6.07) is 0. The Labute approximate surface area is 160 Å². The Morgan fingerprint density at radius 3 is 0.160 bits per heavy atom. The molecule has 5 saturated carbocycles. The maximum Gasteiger partial charge on any atom is -0.0533 e. The molecule has 0 saturated heterocycles. The highest BCUT2D eigenvalue weighted by Gasteiger charge is 1.97. The van der Waals surface area contributed by atoms with E-state index in [-0.39, 0.29) is 0 Å². The maximum absolute atomic E-state index is 1.50. The Kier molecular flexibility index (Phi) is 18.7. The Morgan fingerprint density at radius 2 is 0.120 bits per heavy atom. The predicted molar refractivity (Wildman–Crippen MR) is 115 cm³/mol. The molecular formula is C25H50. The van der Waals surface area contributed by atoms with Gasteiger partial charge in [0.1, 0.15) is 0 Å². The first kappa shape index (κ1) is 23.0. The third-order valence-electron chi connectivity index (χ3n) is 5.85. The standard InChI is InChI=1S/C7H14.C6H12.C5H10.C4H8.C3H6/c1-2-4-6-7-5-3-1;1-2-4-6-5-3-1;1-2-4-5-3-1;1-2-4-3-1;1-2-3-1/h1-7H2;1-6H2;1-5H2;1-4H2;1-3H2. The third kappa shape index (κ3) is 22.0. The predicted octanol–water partition coefficient (Wildman–Crippen LogP) is 9.75. The van der Waals surface area contributed by atoms with Crippen LogP contribution in [0.3, 0.4) is 0 Å². The van der Waals surface area contributed by atoms with E-state index in [0.29, 0.717) is 0 Å². The second-order valence-corrected chi connectivity index (χ2v) is 8.84. The van der Waals surface area contributed by atoms with E-state index in [1.54, 1.807) is 0 Å². The van der Waals surface area contributed by atoms with Gasteiger partial charge in [0.05, 0.1) is 0 Å². The fourth-order valence-corrected chi connectivity index (χ4v) is 3.43. The van der Waals surface area contributed by atoms with Gasteiger partial charge in [0, 0.05) is 0 Å². The molecule has 0 radical (unpaired) electrons. The van der Waals surface area contributed by atoms with Crippen LogP contribution in [-0.2, 0) is 0 Å². The van der Waals surface area contributed by atoms with E-state index in [9.17, 15) is 0 Å². The average Bonchev–Trinajstić information content (AvgIpc) is 3.44. The van der Waals surface area contributed by atoms with E-state index < -0.39 is 0 Å². The van der Waals surface area contributed by atoms with Gasteiger partial charge in [0.25, 0.3) is 0 Å². The second kappa shape index (κ2) is 20.3. The van der Waals surface area contributed by atoms with Crippen molar-refractivity contribution in [2.75, 3.05) is 0 Å². The number of hydrogen-bond acceptors (Lipinski definition) is 0. The summed E-state index contributed by atoms with van der Waals surface area (Å²) in [5, 5.41) is 0. The van der Waals surface area contributed by atoms with Gasteiger partial charge in [-0.2, -0.15) is 0 Å². The maximum atomic E-state index is 1.50. The quantitative estimate of drug-likeness (QED) is 0.381. The van der Waals surface area contributed by atoms with Crippen LogP contribution in [0.5, 0.6) is 0 Å². The van der Waals surface area contributed by atoms with Crippen molar-refractivity contribution < 1.29 is 0 Å². The molecule has 0 aromatic rings. The van der Waals surface area contributed by atoms with Crippen LogP contribution < -0.4 is 0 Å². The molecule has 5 fully saturated rings. The van der Waals surface area contributed by atoms with Crippen molar-refractivity contribution in [2.24, 2.45) is 0 Å². The molecule has 0 aromatic carbocycles. The molecule has 5 aliphatic carbocycles. The lowest BCUT2D eigenvalue weighted by molar-refractivity contribution is 0.504. The molecular weight excluding hydrogens is 300 g/mol. The Bertz CT molecular complexity index is 173. The molecule has 0 N–H and O–H groups in total. The van der Waals surface area contributed by atoms with Crippen molar-refractivity contribution in [2.45, 2.75) is 161 Å². The molecule has 0 heterocycles. The van der Waals surface area contributed by atoms with Crippen LogP contribution >= 0.6 is 0 Å². The Morgan fingerprint density at radius 1 is 0.0800 bits per heavy atom. The van der Waals surface area contributed by atoms with Crippen molar-refractivity contribution in [1.82, 2.24) is 0 Å². The summed E-state index contributed by atoms with van der Waals surface area (Å²) in [6.07, 6.45) is 37.5. The highest BCUT2D eigenvalue weighted by molar-refractivity contribution is 4.53. The van der Waals surface area contributed by atoms with Crippen LogP contribution in [0.15, 0.2) is 0 Å². The summed E-state index contributed by atoms with van der Waals surface area (Å²) < 4.78 is 0. The average molecular weight is 351 g/mol. The lowest BCUT2D eigenvalue weighted by Crippen LogP contribution is -1.85. The molecule has 0 unspecified atom stereocenters. The van der Waals surface area contributed by atoms with E-state index in [2.05, 4.69) is 0 Å². The minimum Gasteiger partial charge on any atom is -0.0533 e. The van der Waals surface area contributed by atoms with Gasteiger partial charge in [-0.15, -0.1) is 0 Å². The van der Waals surface area contributed by atoms with Crippen LogP contribution in [0, 0.1) is 0 Å². The van der Waals surface area contributed by atoms with Gasteiger partial charge in [-0.25, -0.2) is 0 Å². The lowest BCUT2D eigenvalue weighted by atomic mass is 10.0. The van der Waals surface area contributed by atoms with Crippen molar-refractivity contribution in [1.29, 1.82) is 0 Å². The topological polar surface area (TPSA) is 0 Å². The van der Waals surface area contributed by atoms with Crippen molar-refractivity contribution >= 4 is 0 Å². The van der Waals surface area contributed by atoms with Gasteiger partial charge in [-0.3, -0.25) is 0 Å². The number of rotatable bonds is 0. The minimum absolute atomic E-state index is 1.50. The van der Waals surface area contributed by atoms with Crippen LogP contribution in [0.1, 0.15) is 161 Å². The summed E-state index contributed by atoms with van der Waals surface area (Å²) in [6.45, 7) is 0. The van der Waals surface area contributed by atoms with Gasteiger partial charge >= 0.3 is 0 Å². The first-order chi connectivity index (χ1) is 12.5. The van der Waals surface area contributed by atoms with Crippen molar-refractivity contribution in [3.8, 4) is 0 Å². The zero-order valence-corrected chi connectivity index (χ0v) is 17.7. The van der Waals surface area contributed by atoms with E-state index in [1.165, 1.54) is 161 Å². The smallest absolute Gasteiger partial charge is 0.0533 e. The van der Waals surface area contributed by atoms with E-state index in [1.807, 2.05) is 0 Å². The van der Waals surface area contributed by atoms with Gasteiger partial charge in [0.15, 0.2) is 0 Å². The summed E-state index contributed by atoms with van der Waals surface area (Å²) in [5.74, 6) is 0. The van der Waals surface area contributed by atoms with Gasteiger partial charge in [0.2, 0.25) is 0 Å². The molecule has 5 rings (SSSR count). The highest BCUT2D eigenvalue weighted by Crippen LogP contribution is 2.17. The second-order valence-electron chi connectivity index (χ2n) is 8.84. The van der Waals surface area contributed by atoms with Crippen LogP contribution in [0.2, 0.25) is 0 Å². The first-order valence-electron chi connectivity index (χ1n) is 12.5. The van der Waals surface area contributed by atoms with E-state index >= 15 is 0 Å². The Hall–Kier alpha value is 0. The van der Waals surface area contributed by atoms with Gasteiger partial charge in [-0.05, 0) is 0 Å². The molecule has 5 aliphatic rings. The molecule has 150 valence electrons. The largest absolute Gasteiger partial charge is 0.0533 e. The van der Waals surface area contributed by atoms with Crippen LogP contribution in [0.4, 0.5) is 0 Å². The van der Waals surface area contributed by atoms with Gasteiger partial charge < -0.3 is 0 Å². The highest BCUT2D eigenvalue weighted by atomic mass is 14.0. The van der Waals surface area contributed by atoms with Crippen LogP contribution in [-0.4, -0.2) is 0 Å². The zero-order valence-electron chi connectivity index (χ0n) is 17.7. The Balaban J connectivity index is 0.000000160. The normalized spacial score (nSPS) is 24.0. The van der Waals surface area contributed by atoms with Crippen molar-refractivity contribution in [3.05, 3.63) is 0 Å². The molecule has 25 heavy (non-hydrogen) atoms. The molecule has 0 amide bonds. The molecule has 0 atom stereocenters. The molecule has 0 aliphatic heterocycles. The van der Waals surface area contributed by atoms with E-state index in [0.717, 1.165) is 0 Å². The first-order valence-corrected chi connectivity index (χ1v) is 12.5. The summed E-state index contributed by atoms with van der Waals surface area (Å²) in [7, 11) is 0. The summed E-state index contributed by atoms with van der Waals surface area (Å²) >= 11 is 0. The van der Waals surface area contributed by atoms with Crippen molar-refractivity contribution in [3.63, 3.8) is 0 Å². The lowest BCUT2D eigenvalue weighted by Gasteiger charge is -2.05. The molecule has 0 heteroatoms. The fourth-order valence-electron chi connectivity index (χ4n) is 3.43. The summed E-state index contributed by atoms with van der Waals surface area (Å²) in [4.78, 5) is 0. The number of hydrogen-bond donors (Lipinski definition) is 0.